The third-order valence-corrected chi connectivity index (χ3v) is 2.81. The molecule has 0 aliphatic carbocycles. The molecule has 0 saturated carbocycles. The maximum Gasteiger partial charge on any atom is 0.253 e. The Morgan fingerprint density at radius 1 is 1.57 bits per heavy atom. The third kappa shape index (κ3) is 3.68. The van der Waals surface area contributed by atoms with Gasteiger partial charge in [0.05, 0.1) is 11.6 Å². The van der Waals surface area contributed by atoms with E-state index in [0.717, 1.165) is 6.07 Å². The maximum atomic E-state index is 13.3. The van der Waals surface area contributed by atoms with Crippen molar-refractivity contribution in [3.05, 3.63) is 53.4 Å². The van der Waals surface area contributed by atoms with Crippen molar-refractivity contribution in [2.24, 2.45) is 0 Å². The highest BCUT2D eigenvalue weighted by Gasteiger charge is 2.16. The van der Waals surface area contributed by atoms with Crippen LogP contribution in [0.1, 0.15) is 34.7 Å². The molecule has 3 N–H and O–H groups in total. The molecule has 0 bridgehead atoms. The van der Waals surface area contributed by atoms with E-state index in [4.69, 9.17) is 5.11 Å². The minimum Gasteiger partial charge on any atom is -0.384 e. The van der Waals surface area contributed by atoms with E-state index in [-0.39, 0.29) is 18.2 Å². The zero-order valence-corrected chi connectivity index (χ0v) is 11.4. The molecule has 21 heavy (non-hydrogen) atoms. The van der Waals surface area contributed by atoms with Gasteiger partial charge in [0.1, 0.15) is 18.2 Å². The van der Waals surface area contributed by atoms with Gasteiger partial charge in [-0.25, -0.2) is 9.37 Å². The van der Waals surface area contributed by atoms with Crippen molar-refractivity contribution >= 4 is 5.91 Å². The summed E-state index contributed by atoms with van der Waals surface area (Å²) in [6, 6.07) is 3.39. The summed E-state index contributed by atoms with van der Waals surface area (Å²) in [7, 11) is 0. The molecular formula is C15H14FN3O2. The SMILES string of the molecule is CC(NC(=O)c1cc(F)ccc1C#CCO)c1ncc[nH]1. The first-order valence-electron chi connectivity index (χ1n) is 6.31. The molecule has 0 saturated heterocycles. The van der Waals surface area contributed by atoms with Gasteiger partial charge in [0.25, 0.3) is 5.91 Å². The second-order valence-electron chi connectivity index (χ2n) is 4.32. The van der Waals surface area contributed by atoms with Crippen molar-refractivity contribution in [1.29, 1.82) is 0 Å². The molecular weight excluding hydrogens is 273 g/mol. The van der Waals surface area contributed by atoms with E-state index in [9.17, 15) is 9.18 Å². The number of hydrogen-bond donors (Lipinski definition) is 3. The Kier molecular flexibility index (Phi) is 4.69. The molecule has 1 amide bonds. The zero-order valence-electron chi connectivity index (χ0n) is 11.4. The fourth-order valence-electron chi connectivity index (χ4n) is 1.81. The first-order chi connectivity index (χ1) is 10.1. The minimum absolute atomic E-state index is 0.120. The van der Waals surface area contributed by atoms with E-state index in [0.29, 0.717) is 11.4 Å². The molecule has 5 nitrogen and oxygen atoms in total. The van der Waals surface area contributed by atoms with Crippen molar-refractivity contribution in [1.82, 2.24) is 15.3 Å². The quantitative estimate of drug-likeness (QED) is 0.746. The number of hydrogen-bond acceptors (Lipinski definition) is 3. The summed E-state index contributed by atoms with van der Waals surface area (Å²) in [6.45, 7) is 1.43. The first-order valence-corrected chi connectivity index (χ1v) is 6.31. The smallest absolute Gasteiger partial charge is 0.253 e. The molecule has 1 heterocycles. The number of aliphatic hydroxyl groups excluding tert-OH is 1. The second kappa shape index (κ2) is 6.68. The fourth-order valence-corrected chi connectivity index (χ4v) is 1.81. The van der Waals surface area contributed by atoms with E-state index in [1.54, 1.807) is 19.3 Å². The summed E-state index contributed by atoms with van der Waals surface area (Å²) in [4.78, 5) is 19.2. The van der Waals surface area contributed by atoms with E-state index < -0.39 is 11.7 Å². The molecule has 6 heteroatoms. The second-order valence-corrected chi connectivity index (χ2v) is 4.32. The van der Waals surface area contributed by atoms with Crippen LogP contribution in [0.25, 0.3) is 0 Å². The molecule has 0 radical (unpaired) electrons. The fraction of sp³-hybridized carbons (Fsp3) is 0.200. The van der Waals surface area contributed by atoms with Gasteiger partial charge in [0.15, 0.2) is 0 Å². The molecule has 0 aliphatic rings. The molecule has 1 atom stereocenters. The molecule has 1 unspecified atom stereocenters. The number of aliphatic hydroxyl groups is 1. The van der Waals surface area contributed by atoms with Gasteiger partial charge in [0, 0.05) is 18.0 Å². The third-order valence-electron chi connectivity index (χ3n) is 2.81. The monoisotopic (exact) mass is 287 g/mol. The first kappa shape index (κ1) is 14.8. The van der Waals surface area contributed by atoms with Gasteiger partial charge in [0.2, 0.25) is 0 Å². The van der Waals surface area contributed by atoms with Crippen molar-refractivity contribution in [3.63, 3.8) is 0 Å². The lowest BCUT2D eigenvalue weighted by Gasteiger charge is -2.12. The van der Waals surface area contributed by atoms with Gasteiger partial charge in [-0.05, 0) is 25.1 Å². The van der Waals surface area contributed by atoms with E-state index >= 15 is 0 Å². The molecule has 0 aliphatic heterocycles. The van der Waals surface area contributed by atoms with Crippen LogP contribution in [0.2, 0.25) is 0 Å². The zero-order chi connectivity index (χ0) is 15.2. The topological polar surface area (TPSA) is 78.0 Å². The Hall–Kier alpha value is -2.65. The van der Waals surface area contributed by atoms with Gasteiger partial charge in [-0.15, -0.1) is 0 Å². The van der Waals surface area contributed by atoms with Crippen LogP contribution in [0.4, 0.5) is 4.39 Å². The lowest BCUT2D eigenvalue weighted by atomic mass is 10.1. The van der Waals surface area contributed by atoms with Crippen molar-refractivity contribution in [2.75, 3.05) is 6.61 Å². The lowest BCUT2D eigenvalue weighted by molar-refractivity contribution is 0.0937. The number of rotatable bonds is 3. The molecule has 1 aromatic carbocycles. The highest BCUT2D eigenvalue weighted by molar-refractivity contribution is 5.96. The van der Waals surface area contributed by atoms with Crippen molar-refractivity contribution < 1.29 is 14.3 Å². The van der Waals surface area contributed by atoms with Crippen molar-refractivity contribution in [2.45, 2.75) is 13.0 Å². The number of halogens is 1. The van der Waals surface area contributed by atoms with Crippen LogP contribution in [-0.4, -0.2) is 27.6 Å². The van der Waals surface area contributed by atoms with Gasteiger partial charge in [-0.2, -0.15) is 0 Å². The molecule has 0 spiro atoms. The van der Waals surface area contributed by atoms with Crippen LogP contribution in [-0.2, 0) is 0 Å². The largest absolute Gasteiger partial charge is 0.384 e. The van der Waals surface area contributed by atoms with Gasteiger partial charge in [-0.1, -0.05) is 11.8 Å². The van der Waals surface area contributed by atoms with Crippen LogP contribution < -0.4 is 5.32 Å². The van der Waals surface area contributed by atoms with E-state index in [1.165, 1.54) is 12.1 Å². The summed E-state index contributed by atoms with van der Waals surface area (Å²) in [6.07, 6.45) is 3.23. The number of amides is 1. The molecule has 2 aromatic rings. The maximum absolute atomic E-state index is 13.3. The van der Waals surface area contributed by atoms with Gasteiger partial charge < -0.3 is 15.4 Å². The normalized spacial score (nSPS) is 11.4. The minimum atomic E-state index is -0.527. The Labute approximate surface area is 121 Å². The van der Waals surface area contributed by atoms with Crippen LogP contribution >= 0.6 is 0 Å². The number of nitrogens with zero attached hydrogens (tertiary/aromatic N) is 1. The average molecular weight is 287 g/mol. The van der Waals surface area contributed by atoms with Crippen LogP contribution in [0.5, 0.6) is 0 Å². The predicted molar refractivity (Wildman–Crippen MR) is 74.8 cm³/mol. The molecule has 1 aromatic heterocycles. The van der Waals surface area contributed by atoms with Crippen LogP contribution in [0.3, 0.4) is 0 Å². The highest BCUT2D eigenvalue weighted by Crippen LogP contribution is 2.13. The summed E-state index contributed by atoms with van der Waals surface area (Å²) >= 11 is 0. The Bertz CT molecular complexity index is 687. The molecule has 108 valence electrons. The van der Waals surface area contributed by atoms with Crippen molar-refractivity contribution in [3.8, 4) is 11.8 Å². The summed E-state index contributed by atoms with van der Waals surface area (Å²) < 4.78 is 13.3. The number of H-pyrrole nitrogens is 1. The highest BCUT2D eigenvalue weighted by atomic mass is 19.1. The van der Waals surface area contributed by atoms with Crippen LogP contribution in [0.15, 0.2) is 30.6 Å². The number of nitrogens with one attached hydrogen (secondary N) is 2. The summed E-state index contributed by atoms with van der Waals surface area (Å²) in [5.41, 5.74) is 0.476. The average Bonchev–Trinajstić information content (AvgIpc) is 3.00. The Morgan fingerprint density at radius 2 is 2.38 bits per heavy atom. The Balaban J connectivity index is 2.24. The molecule has 0 fully saturated rings. The number of benzene rings is 1. The van der Waals surface area contributed by atoms with Gasteiger partial charge >= 0.3 is 0 Å². The predicted octanol–water partition coefficient (Wildman–Crippen LogP) is 1.38. The number of aromatic nitrogens is 2. The van der Waals surface area contributed by atoms with E-state index in [1.807, 2.05) is 0 Å². The van der Waals surface area contributed by atoms with E-state index in [2.05, 4.69) is 27.1 Å². The molecule has 2 rings (SSSR count). The number of imidazole rings is 1. The Morgan fingerprint density at radius 3 is 3.05 bits per heavy atom. The lowest BCUT2D eigenvalue weighted by Crippen LogP contribution is -2.28. The summed E-state index contributed by atoms with van der Waals surface area (Å²) in [5.74, 6) is 4.69. The summed E-state index contributed by atoms with van der Waals surface area (Å²) in [5, 5.41) is 11.4. The van der Waals surface area contributed by atoms with Gasteiger partial charge in [-0.3, -0.25) is 4.79 Å². The van der Waals surface area contributed by atoms with Crippen LogP contribution in [0, 0.1) is 17.7 Å². The standard InChI is InChI=1S/C15H14FN3O2/c1-10(14-17-6-7-18-14)19-15(21)13-9-12(16)5-4-11(13)3-2-8-20/h4-7,9-10,20H,8H2,1H3,(H,17,18)(H,19,21). The number of aromatic amines is 1. The number of carbonyl (C=O) groups is 1. The number of carbonyl (C=O) groups excluding carboxylic acids is 1.